The number of rotatable bonds is 25. The van der Waals surface area contributed by atoms with Crippen LogP contribution in [-0.2, 0) is 35.3 Å². The number of nitrogen functional groups attached to an aromatic ring is 1. The SMILES string of the molecule is CC(=O)C(N)CSC(c1ccccc1)(c1ccccc1)c1ccccc1.CO.NCCCC(CC(=O)CC[C@H](NC(=O)c1ccc(NCc2cnc3nc(N)[nH]c(=O)c3n2)cc1)C(=O)O)C(=O)N[C@@H](CS)C(=O)O. The van der Waals surface area contributed by atoms with Crippen molar-refractivity contribution in [3.63, 3.8) is 0 Å². The molecule has 4 atom stereocenters. The summed E-state index contributed by atoms with van der Waals surface area (Å²) in [4.78, 5) is 99.6. The lowest BCUT2D eigenvalue weighted by molar-refractivity contribution is -0.142. The molecule has 4 aromatic carbocycles. The van der Waals surface area contributed by atoms with Gasteiger partial charge in [-0.2, -0.15) is 17.6 Å². The summed E-state index contributed by atoms with van der Waals surface area (Å²) in [6, 6.07) is 34.3. The zero-order valence-electron chi connectivity index (χ0n) is 40.8. The highest BCUT2D eigenvalue weighted by Gasteiger charge is 2.37. The number of carboxylic acids is 2. The van der Waals surface area contributed by atoms with Crippen LogP contribution in [0.4, 0.5) is 11.6 Å². The van der Waals surface area contributed by atoms with Crippen molar-refractivity contribution in [2.45, 2.75) is 68.4 Å². The number of carbonyl (C=O) groups is 6. The number of aliphatic hydroxyl groups is 1. The molecular formula is C52H62N10O10S2. The maximum Gasteiger partial charge on any atom is 0.327 e. The van der Waals surface area contributed by atoms with E-state index < -0.39 is 63.9 Å². The molecule has 20 nitrogen and oxygen atoms in total. The molecule has 6 rings (SSSR count). The fourth-order valence-corrected chi connectivity index (χ4v) is 9.26. The van der Waals surface area contributed by atoms with Crippen molar-refractivity contribution in [1.82, 2.24) is 30.6 Å². The number of thiol groups is 1. The number of nitrogens with one attached hydrogen (secondary N) is 4. The second-order valence-electron chi connectivity index (χ2n) is 16.6. The highest BCUT2D eigenvalue weighted by Crippen LogP contribution is 2.48. The molecule has 0 aliphatic carbocycles. The molecule has 0 bridgehead atoms. The third-order valence-corrected chi connectivity index (χ3v) is 13.4. The van der Waals surface area contributed by atoms with E-state index in [-0.39, 0.29) is 73.0 Å². The summed E-state index contributed by atoms with van der Waals surface area (Å²) in [7, 11) is 1.00. The molecule has 13 N–H and O–H groups in total. The first-order valence-corrected chi connectivity index (χ1v) is 24.9. The minimum atomic E-state index is -1.38. The minimum absolute atomic E-state index is 0.0144. The van der Waals surface area contributed by atoms with Crippen LogP contribution in [0.1, 0.15) is 71.8 Å². The molecule has 0 aliphatic rings. The first-order valence-electron chi connectivity index (χ1n) is 23.3. The Morgan fingerprint density at radius 3 is 1.84 bits per heavy atom. The van der Waals surface area contributed by atoms with E-state index in [2.05, 4.69) is 121 Å². The number of ketones is 2. The van der Waals surface area contributed by atoms with Crippen molar-refractivity contribution in [1.29, 1.82) is 0 Å². The van der Waals surface area contributed by atoms with Crippen molar-refractivity contribution < 1.29 is 44.1 Å². The zero-order chi connectivity index (χ0) is 54.2. The molecule has 2 unspecified atom stereocenters. The number of anilines is 2. The van der Waals surface area contributed by atoms with Gasteiger partial charge in [0.1, 0.15) is 23.7 Å². The van der Waals surface area contributed by atoms with Gasteiger partial charge in [-0.1, -0.05) is 91.0 Å². The Labute approximate surface area is 437 Å². The van der Waals surface area contributed by atoms with Crippen LogP contribution < -0.4 is 38.7 Å². The van der Waals surface area contributed by atoms with Crippen molar-refractivity contribution in [3.05, 3.63) is 160 Å². The summed E-state index contributed by atoms with van der Waals surface area (Å²) in [5.41, 5.74) is 21.5. The van der Waals surface area contributed by atoms with Crippen molar-refractivity contribution in [2.75, 3.05) is 36.2 Å². The van der Waals surface area contributed by atoms with Crippen LogP contribution in [-0.4, -0.2) is 114 Å². The lowest BCUT2D eigenvalue weighted by Gasteiger charge is -2.36. The number of hydrogen-bond donors (Lipinski definition) is 11. The van der Waals surface area contributed by atoms with Gasteiger partial charge in [0.2, 0.25) is 11.9 Å². The van der Waals surface area contributed by atoms with Crippen molar-refractivity contribution in [2.24, 2.45) is 17.4 Å². The molecular weight excluding hydrogens is 989 g/mol. The van der Waals surface area contributed by atoms with Crippen LogP contribution in [0.25, 0.3) is 11.2 Å². The number of amides is 2. The number of fused-ring (bicyclic) bond motifs is 1. The number of H-pyrrole nitrogens is 1. The second-order valence-corrected chi connectivity index (χ2v) is 18.2. The summed E-state index contributed by atoms with van der Waals surface area (Å²) in [5.74, 6) is -4.85. The third kappa shape index (κ3) is 17.1. The maximum atomic E-state index is 12.8. The summed E-state index contributed by atoms with van der Waals surface area (Å²) >= 11 is 5.63. The molecule has 2 aromatic heterocycles. The van der Waals surface area contributed by atoms with E-state index in [1.807, 2.05) is 18.2 Å². The summed E-state index contributed by atoms with van der Waals surface area (Å²) in [5, 5.41) is 33.7. The van der Waals surface area contributed by atoms with Gasteiger partial charge in [-0.25, -0.2) is 19.6 Å². The molecule has 0 saturated carbocycles. The summed E-state index contributed by atoms with van der Waals surface area (Å²) < 4.78 is -0.420. The number of thioether (sulfide) groups is 1. The Hall–Kier alpha value is -7.50. The third-order valence-electron chi connectivity index (χ3n) is 11.4. The van der Waals surface area contributed by atoms with Crippen LogP contribution in [0.15, 0.2) is 126 Å². The summed E-state index contributed by atoms with van der Waals surface area (Å²) in [6.45, 7) is 2.00. The molecule has 392 valence electrons. The average molecular weight is 1050 g/mol. The molecule has 0 aliphatic heterocycles. The number of hydrogen-bond acceptors (Lipinski definition) is 17. The number of aromatic nitrogens is 4. The predicted molar refractivity (Wildman–Crippen MR) is 288 cm³/mol. The fourth-order valence-electron chi connectivity index (χ4n) is 7.44. The quantitative estimate of drug-likeness (QED) is 0.0286. The lowest BCUT2D eigenvalue weighted by Crippen LogP contribution is -2.45. The molecule has 2 amide bonds. The highest BCUT2D eigenvalue weighted by atomic mass is 32.2. The van der Waals surface area contributed by atoms with Crippen LogP contribution in [0.5, 0.6) is 0 Å². The number of aliphatic hydroxyl groups excluding tert-OH is 1. The molecule has 22 heteroatoms. The smallest absolute Gasteiger partial charge is 0.327 e. The van der Waals surface area contributed by atoms with Gasteiger partial charge < -0.3 is 48.5 Å². The number of Topliss-reactive ketones (excluding diaryl/α,β-unsaturated/α-hetero) is 2. The van der Waals surface area contributed by atoms with Crippen LogP contribution in [0, 0.1) is 5.92 Å². The van der Waals surface area contributed by atoms with Crippen LogP contribution >= 0.6 is 24.4 Å². The van der Waals surface area contributed by atoms with E-state index in [0.29, 0.717) is 23.6 Å². The highest BCUT2D eigenvalue weighted by molar-refractivity contribution is 8.00. The Morgan fingerprint density at radius 1 is 0.784 bits per heavy atom. The lowest BCUT2D eigenvalue weighted by atomic mass is 9.84. The van der Waals surface area contributed by atoms with E-state index in [0.717, 1.165) is 7.11 Å². The van der Waals surface area contributed by atoms with Gasteiger partial charge in [0.15, 0.2) is 11.2 Å². The molecule has 6 aromatic rings. The van der Waals surface area contributed by atoms with E-state index in [4.69, 9.17) is 22.3 Å². The van der Waals surface area contributed by atoms with Gasteiger partial charge >= 0.3 is 11.9 Å². The van der Waals surface area contributed by atoms with E-state index in [1.165, 1.54) is 35.0 Å². The first-order chi connectivity index (χ1) is 35.6. The van der Waals surface area contributed by atoms with Crippen LogP contribution in [0.3, 0.4) is 0 Å². The molecule has 74 heavy (non-hydrogen) atoms. The number of carboxylic acid groups (broad SMARTS) is 2. The molecule has 0 saturated heterocycles. The van der Waals surface area contributed by atoms with Gasteiger partial charge in [0.05, 0.1) is 29.2 Å². The predicted octanol–water partition coefficient (Wildman–Crippen LogP) is 3.92. The number of aliphatic carboxylic acids is 2. The first kappa shape index (κ1) is 59.1. The Kier molecular flexibility index (Phi) is 23.8. The van der Waals surface area contributed by atoms with Crippen molar-refractivity contribution in [3.8, 4) is 0 Å². The van der Waals surface area contributed by atoms with Gasteiger partial charge in [0, 0.05) is 48.6 Å². The average Bonchev–Trinajstić information content (AvgIpc) is 3.41. The fraction of sp³-hybridized carbons (Fsp3) is 0.308. The number of nitrogens with two attached hydrogens (primary N) is 3. The Morgan fingerprint density at radius 2 is 1.34 bits per heavy atom. The van der Waals surface area contributed by atoms with Crippen LogP contribution in [0.2, 0.25) is 0 Å². The molecule has 0 fully saturated rings. The zero-order valence-corrected chi connectivity index (χ0v) is 42.6. The number of aromatic amines is 1. The molecule has 2 heterocycles. The van der Waals surface area contributed by atoms with Crippen molar-refractivity contribution >= 4 is 82.5 Å². The summed E-state index contributed by atoms with van der Waals surface area (Å²) in [6.07, 6.45) is 1.38. The molecule has 0 spiro atoms. The maximum absolute atomic E-state index is 12.8. The van der Waals surface area contributed by atoms with Gasteiger partial charge in [-0.15, -0.1) is 11.8 Å². The standard InChI is InChI=1S/C28H35N9O8S.C23H23NOS.CH4O/c29-9-1-2-15(24(40)35-20(13-46)27(44)45)10-18(38)7-8-19(26(42)43)34-23(39)14-3-5-16(6-4-14)31-11-17-12-32-22-21(33-17)25(41)37-28(30)36-22;1-18(25)22(24)17-26-23(19-11-5-2-6-12-19,20-13-7-3-8-14-20)21-15-9-4-10-16-21;1-2/h3-6,12,15,19-20,31,46H,1-2,7-11,13,29H2,(H,34,39)(H,35,40)(H,42,43)(H,44,45)(H3,30,32,36,37,41);2-16,22H,17,24H2,1H3;2H,1H3/t15?,19-,20-;;/m0../s1. The normalized spacial score (nSPS) is 12.5. The monoisotopic (exact) mass is 1050 g/mol. The second kappa shape index (κ2) is 29.9. The van der Waals surface area contributed by atoms with E-state index in [9.17, 15) is 43.8 Å². The number of carbonyl (C=O) groups excluding carboxylic acids is 4. The Bertz CT molecular complexity index is 2750. The van der Waals surface area contributed by atoms with E-state index in [1.54, 1.807) is 30.8 Å². The van der Waals surface area contributed by atoms with E-state index >= 15 is 0 Å². The number of benzene rings is 4. The molecule has 0 radical (unpaired) electrons. The number of nitrogens with zero attached hydrogens (tertiary/aromatic N) is 3. The van der Waals surface area contributed by atoms with Gasteiger partial charge in [-0.05, 0) is 73.7 Å². The topological polar surface area (TPSA) is 349 Å². The Balaban J connectivity index is 0.000000356. The van der Waals surface area contributed by atoms with Gasteiger partial charge in [0.25, 0.3) is 11.5 Å². The largest absolute Gasteiger partial charge is 0.480 e. The minimum Gasteiger partial charge on any atom is -0.480 e. The van der Waals surface area contributed by atoms with Gasteiger partial charge in [-0.3, -0.25) is 29.0 Å².